The summed E-state index contributed by atoms with van der Waals surface area (Å²) in [5.41, 5.74) is 9.54. The Hall–Kier alpha value is -0.400. The maximum Gasteiger partial charge on any atom is -0.147 e. The standard InChI is InChI=1S/2C10H9.C2H7Si.2ClH.Zr/c2*1-8-6-9-4-2-3-5-10(9)7-8;1-3-2;;;/h2*2-7H,1H3;3H,1-2H3;2*1H;. The fourth-order valence-corrected chi connectivity index (χ4v) is 27.9. The van der Waals surface area contributed by atoms with Crippen LogP contribution in [-0.2, 0) is 20.9 Å². The maximum absolute atomic E-state index is 2.62. The second-order valence-corrected chi connectivity index (χ2v) is 27.6. The van der Waals surface area contributed by atoms with Gasteiger partial charge < -0.3 is 0 Å². The molecule has 2 aliphatic carbocycles. The number of rotatable bonds is 3. The van der Waals surface area contributed by atoms with Crippen molar-refractivity contribution in [3.8, 4) is 0 Å². The summed E-state index contributed by atoms with van der Waals surface area (Å²) in [6, 6.07) is 18.3. The van der Waals surface area contributed by atoms with E-state index >= 15 is 0 Å². The van der Waals surface area contributed by atoms with E-state index in [1.165, 1.54) is 11.1 Å². The Morgan fingerprint density at radius 1 is 0.692 bits per heavy atom. The molecule has 0 radical (unpaired) electrons. The van der Waals surface area contributed by atoms with E-state index in [9.17, 15) is 0 Å². The van der Waals surface area contributed by atoms with Crippen LogP contribution in [-0.4, -0.2) is 5.92 Å². The predicted octanol–water partition coefficient (Wildman–Crippen LogP) is 6.75. The van der Waals surface area contributed by atoms with E-state index in [0.717, 1.165) is 7.25 Å². The first-order valence-corrected chi connectivity index (χ1v) is 19.0. The minimum Gasteiger partial charge on any atom is -0.147 e. The van der Waals surface area contributed by atoms with Crippen LogP contribution in [0.4, 0.5) is 0 Å². The molecular formula is C22H27Cl2SiZr. The van der Waals surface area contributed by atoms with Crippen LogP contribution in [0.3, 0.4) is 0 Å². The van der Waals surface area contributed by atoms with Crippen molar-refractivity contribution in [2.75, 3.05) is 0 Å². The van der Waals surface area contributed by atoms with E-state index in [4.69, 9.17) is 0 Å². The number of fused-ring (bicyclic) bond motifs is 2. The van der Waals surface area contributed by atoms with Gasteiger partial charge in [0.05, 0.1) is 0 Å². The van der Waals surface area contributed by atoms with Crippen LogP contribution in [0.1, 0.15) is 43.4 Å². The van der Waals surface area contributed by atoms with Gasteiger partial charge in [-0.15, -0.1) is 24.8 Å². The Bertz CT molecular complexity index is 789. The summed E-state index contributed by atoms with van der Waals surface area (Å²) in [5, 5.41) is 0. The van der Waals surface area contributed by atoms with Gasteiger partial charge in [-0.05, 0) is 0 Å². The van der Waals surface area contributed by atoms with Crippen molar-refractivity contribution in [2.45, 2.75) is 34.2 Å². The minimum atomic E-state index is -1.72. The van der Waals surface area contributed by atoms with Crippen molar-refractivity contribution >= 4 is 42.9 Å². The first kappa shape index (κ1) is 21.9. The van der Waals surface area contributed by atoms with Crippen LogP contribution >= 0.6 is 24.8 Å². The molecule has 0 heterocycles. The van der Waals surface area contributed by atoms with E-state index in [1.54, 1.807) is 22.3 Å². The number of allylic oxidation sites excluding steroid dienone is 2. The van der Waals surface area contributed by atoms with Gasteiger partial charge in [0.2, 0.25) is 0 Å². The molecule has 0 aliphatic heterocycles. The molecule has 2 aromatic carbocycles. The Kier molecular flexibility index (Phi) is 7.36. The summed E-state index contributed by atoms with van der Waals surface area (Å²) < 4.78 is 1.57. The van der Waals surface area contributed by atoms with Gasteiger partial charge in [-0.3, -0.25) is 0 Å². The van der Waals surface area contributed by atoms with E-state index in [1.807, 2.05) is 0 Å². The molecule has 4 rings (SSSR count). The number of hydrogen-bond donors (Lipinski definition) is 0. The third-order valence-corrected chi connectivity index (χ3v) is 27.8. The van der Waals surface area contributed by atoms with Gasteiger partial charge in [0.1, 0.15) is 0 Å². The molecule has 0 fully saturated rings. The zero-order chi connectivity index (χ0) is 16.8. The Balaban J connectivity index is 0.00000121. The van der Waals surface area contributed by atoms with Crippen LogP contribution < -0.4 is 0 Å². The smallest absolute Gasteiger partial charge is 0.147 e. The summed E-state index contributed by atoms with van der Waals surface area (Å²) in [6.45, 7) is 10.0. The predicted molar refractivity (Wildman–Crippen MR) is 119 cm³/mol. The van der Waals surface area contributed by atoms with Crippen molar-refractivity contribution < 1.29 is 20.9 Å². The summed E-state index contributed by atoms with van der Waals surface area (Å²) >= 11 is -1.72. The van der Waals surface area contributed by atoms with Gasteiger partial charge in [-0.2, -0.15) is 0 Å². The largest absolute Gasteiger partial charge is 0.147 e. The van der Waals surface area contributed by atoms with Crippen LogP contribution in [0, 0.1) is 0 Å². The molecule has 2 atom stereocenters. The molecule has 4 heteroatoms. The SMILES string of the molecule is CC1=Cc2ccccc2[CH]1[Zr]([CH]1C(C)=Cc2ccccc21)[SiH](C)C.Cl.Cl. The molecule has 0 N–H and O–H groups in total. The van der Waals surface area contributed by atoms with Crippen molar-refractivity contribution in [3.05, 3.63) is 81.9 Å². The monoisotopic (exact) mass is 479 g/mol. The fourth-order valence-electron chi connectivity index (χ4n) is 4.68. The van der Waals surface area contributed by atoms with Crippen molar-refractivity contribution in [3.63, 3.8) is 0 Å². The Morgan fingerprint density at radius 2 is 1.08 bits per heavy atom. The van der Waals surface area contributed by atoms with Crippen molar-refractivity contribution in [2.24, 2.45) is 0 Å². The van der Waals surface area contributed by atoms with Gasteiger partial charge >= 0.3 is 155 Å². The van der Waals surface area contributed by atoms with Gasteiger partial charge in [0.15, 0.2) is 0 Å². The molecule has 0 spiro atoms. The average molecular weight is 482 g/mol. The molecule has 0 saturated heterocycles. The first-order chi connectivity index (χ1) is 11.6. The zero-order valence-corrected chi connectivity index (χ0v) is 21.1. The number of hydrogen-bond acceptors (Lipinski definition) is 0. The van der Waals surface area contributed by atoms with Gasteiger partial charge in [-0.25, -0.2) is 0 Å². The second kappa shape index (κ2) is 8.74. The summed E-state index contributed by atoms with van der Waals surface area (Å²) in [4.78, 5) is 0. The van der Waals surface area contributed by atoms with E-state index in [0.29, 0.717) is 0 Å². The quantitative estimate of drug-likeness (QED) is 0.426. The van der Waals surface area contributed by atoms with Gasteiger partial charge in [0.25, 0.3) is 0 Å². The molecule has 0 nitrogen and oxygen atoms in total. The van der Waals surface area contributed by atoms with Crippen LogP contribution in [0.15, 0.2) is 59.7 Å². The number of benzene rings is 2. The number of halogens is 2. The van der Waals surface area contributed by atoms with Crippen molar-refractivity contribution in [1.29, 1.82) is 0 Å². The zero-order valence-electron chi connectivity index (χ0n) is 15.8. The van der Waals surface area contributed by atoms with Crippen molar-refractivity contribution in [1.82, 2.24) is 0 Å². The third-order valence-electron chi connectivity index (χ3n) is 5.62. The molecule has 2 aromatic rings. The summed E-state index contributed by atoms with van der Waals surface area (Å²) in [6.07, 6.45) is 4.94. The normalized spacial score (nSPS) is 19.7. The second-order valence-electron chi connectivity index (χ2n) is 7.56. The topological polar surface area (TPSA) is 0 Å². The molecule has 26 heavy (non-hydrogen) atoms. The molecular weight excluding hydrogens is 454 g/mol. The molecule has 0 aromatic heterocycles. The van der Waals surface area contributed by atoms with Crippen LogP contribution in [0.5, 0.6) is 0 Å². The maximum atomic E-state index is 2.62. The molecule has 2 unspecified atom stereocenters. The van der Waals surface area contributed by atoms with Crippen LogP contribution in [0.25, 0.3) is 12.2 Å². The Morgan fingerprint density at radius 3 is 1.46 bits per heavy atom. The summed E-state index contributed by atoms with van der Waals surface area (Å²) in [7, 11) is 0. The van der Waals surface area contributed by atoms with Gasteiger partial charge in [-0.1, -0.05) is 0 Å². The third kappa shape index (κ3) is 3.63. The van der Waals surface area contributed by atoms with Gasteiger partial charge in [0, 0.05) is 0 Å². The average Bonchev–Trinajstić information content (AvgIpc) is 3.05. The Labute approximate surface area is 178 Å². The van der Waals surface area contributed by atoms with E-state index in [-0.39, 0.29) is 24.8 Å². The molecule has 0 saturated carbocycles. The summed E-state index contributed by atoms with van der Waals surface area (Å²) in [5.74, 6) is -0.671. The molecule has 0 bridgehead atoms. The minimum absolute atomic E-state index is 0. The first-order valence-electron chi connectivity index (χ1n) is 8.98. The molecule has 137 valence electrons. The van der Waals surface area contributed by atoms with E-state index < -0.39 is 26.8 Å². The molecule has 0 amide bonds. The van der Waals surface area contributed by atoms with Crippen LogP contribution in [0.2, 0.25) is 13.1 Å². The van der Waals surface area contributed by atoms with E-state index in [2.05, 4.69) is 87.6 Å². The fraction of sp³-hybridized carbons (Fsp3) is 0.273. The molecule has 2 aliphatic rings.